The predicted octanol–water partition coefficient (Wildman–Crippen LogP) is 1.62. The van der Waals surface area contributed by atoms with Crippen molar-refractivity contribution in [2.24, 2.45) is 0 Å². The van der Waals surface area contributed by atoms with Crippen LogP contribution in [0.3, 0.4) is 0 Å². The van der Waals surface area contributed by atoms with Crippen LogP contribution in [0.5, 0.6) is 0 Å². The Kier molecular flexibility index (Phi) is 5.39. The van der Waals surface area contributed by atoms with Gasteiger partial charge in [0.05, 0.1) is 21.6 Å². The SMILES string of the molecule is O=C(c1ccc(C(=O)O)c(C(=O)O)c1)c1cc(C(=O)O)c(C(=O)O)c([N+](=O)[O-])c1. The van der Waals surface area contributed by atoms with Crippen LogP contribution < -0.4 is 0 Å². The maximum atomic E-state index is 12.6. The van der Waals surface area contributed by atoms with Crippen LogP contribution in [0.2, 0.25) is 0 Å². The summed E-state index contributed by atoms with van der Waals surface area (Å²) in [5, 5.41) is 47.5. The van der Waals surface area contributed by atoms with Crippen molar-refractivity contribution >= 4 is 35.3 Å². The number of carbonyl (C=O) groups is 5. The molecule has 12 nitrogen and oxygen atoms in total. The number of nitro groups is 1. The van der Waals surface area contributed by atoms with Crippen molar-refractivity contribution in [2.75, 3.05) is 0 Å². The van der Waals surface area contributed by atoms with Gasteiger partial charge in [-0.2, -0.15) is 0 Å². The zero-order valence-corrected chi connectivity index (χ0v) is 14.0. The van der Waals surface area contributed by atoms with E-state index in [9.17, 15) is 39.2 Å². The zero-order chi connectivity index (χ0) is 22.0. The van der Waals surface area contributed by atoms with Crippen molar-refractivity contribution in [2.45, 2.75) is 0 Å². The third-order valence-corrected chi connectivity index (χ3v) is 3.76. The first-order chi connectivity index (χ1) is 13.5. The topological polar surface area (TPSA) is 209 Å². The van der Waals surface area contributed by atoms with E-state index in [1.807, 2.05) is 0 Å². The Morgan fingerprint density at radius 1 is 0.690 bits per heavy atom. The van der Waals surface area contributed by atoms with Crippen molar-refractivity contribution in [3.05, 3.63) is 73.8 Å². The Labute approximate surface area is 159 Å². The van der Waals surface area contributed by atoms with Crippen LogP contribution in [-0.2, 0) is 0 Å². The molecule has 0 amide bonds. The van der Waals surface area contributed by atoms with Gasteiger partial charge in [-0.15, -0.1) is 0 Å². The lowest BCUT2D eigenvalue weighted by molar-refractivity contribution is -0.385. The quantitative estimate of drug-likeness (QED) is 0.296. The van der Waals surface area contributed by atoms with E-state index in [4.69, 9.17) is 15.3 Å². The Hall–Kier alpha value is -4.61. The van der Waals surface area contributed by atoms with Gasteiger partial charge in [0.15, 0.2) is 11.3 Å². The Balaban J connectivity index is 2.74. The molecular formula is C17H9NO11. The second-order valence-corrected chi connectivity index (χ2v) is 5.49. The number of ketones is 1. The van der Waals surface area contributed by atoms with Crippen LogP contribution in [0.25, 0.3) is 0 Å². The van der Waals surface area contributed by atoms with Crippen LogP contribution in [-0.4, -0.2) is 55.0 Å². The molecule has 0 unspecified atom stereocenters. The molecule has 0 aliphatic carbocycles. The van der Waals surface area contributed by atoms with Crippen LogP contribution in [0.15, 0.2) is 30.3 Å². The molecule has 0 aromatic heterocycles. The number of benzene rings is 2. The van der Waals surface area contributed by atoms with Gasteiger partial charge in [-0.25, -0.2) is 19.2 Å². The number of carboxylic acid groups (broad SMARTS) is 4. The Bertz CT molecular complexity index is 1080. The molecule has 0 heterocycles. The molecule has 0 bridgehead atoms. The standard InChI is InChI=1S/C17H9NO11/c19-13(6-1-2-8(14(20)21)9(3-6)15(22)23)7-4-10(16(24)25)12(17(26)27)11(5-7)18(28)29/h1-5H,(H,20,21)(H,22,23)(H,24,25)(H,26,27). The number of hydrogen-bond acceptors (Lipinski definition) is 7. The molecule has 2 aromatic rings. The summed E-state index contributed by atoms with van der Waals surface area (Å²) in [4.78, 5) is 67.5. The fourth-order valence-corrected chi connectivity index (χ4v) is 2.51. The predicted molar refractivity (Wildman–Crippen MR) is 90.8 cm³/mol. The highest BCUT2D eigenvalue weighted by Gasteiger charge is 2.30. The molecule has 2 aromatic carbocycles. The molecule has 0 radical (unpaired) electrons. The fraction of sp³-hybridized carbons (Fsp3) is 0. The second kappa shape index (κ2) is 7.56. The molecule has 0 saturated carbocycles. The number of aromatic carboxylic acids is 4. The summed E-state index contributed by atoms with van der Waals surface area (Å²) in [6.07, 6.45) is 0. The van der Waals surface area contributed by atoms with E-state index in [1.54, 1.807) is 0 Å². The van der Waals surface area contributed by atoms with E-state index in [0.717, 1.165) is 12.1 Å². The molecule has 0 saturated heterocycles. The number of rotatable bonds is 7. The molecule has 0 spiro atoms. The molecule has 12 heteroatoms. The lowest BCUT2D eigenvalue weighted by Gasteiger charge is -2.08. The maximum absolute atomic E-state index is 12.6. The largest absolute Gasteiger partial charge is 0.478 e. The summed E-state index contributed by atoms with van der Waals surface area (Å²) in [7, 11) is 0. The smallest absolute Gasteiger partial charge is 0.343 e. The lowest BCUT2D eigenvalue weighted by Crippen LogP contribution is -2.15. The zero-order valence-electron chi connectivity index (χ0n) is 14.0. The minimum absolute atomic E-state index is 0.402. The third kappa shape index (κ3) is 3.90. The van der Waals surface area contributed by atoms with Gasteiger partial charge in [0.1, 0.15) is 0 Å². The van der Waals surface area contributed by atoms with E-state index in [1.165, 1.54) is 0 Å². The number of hydrogen-bond donors (Lipinski definition) is 4. The summed E-state index contributed by atoms with van der Waals surface area (Å²) in [5.74, 6) is -8.04. The summed E-state index contributed by atoms with van der Waals surface area (Å²) >= 11 is 0. The van der Waals surface area contributed by atoms with E-state index in [0.29, 0.717) is 18.2 Å². The highest BCUT2D eigenvalue weighted by atomic mass is 16.6. The molecule has 29 heavy (non-hydrogen) atoms. The lowest BCUT2D eigenvalue weighted by atomic mass is 9.94. The Morgan fingerprint density at radius 2 is 1.21 bits per heavy atom. The van der Waals surface area contributed by atoms with E-state index in [-0.39, 0.29) is 0 Å². The molecule has 0 aliphatic rings. The van der Waals surface area contributed by atoms with Gasteiger partial charge in [0, 0.05) is 17.2 Å². The van der Waals surface area contributed by atoms with Gasteiger partial charge < -0.3 is 20.4 Å². The molecular weight excluding hydrogens is 394 g/mol. The van der Waals surface area contributed by atoms with E-state index >= 15 is 0 Å². The van der Waals surface area contributed by atoms with Gasteiger partial charge in [0.2, 0.25) is 0 Å². The van der Waals surface area contributed by atoms with E-state index < -0.39 is 73.7 Å². The monoisotopic (exact) mass is 403 g/mol. The minimum atomic E-state index is -1.90. The molecule has 0 fully saturated rings. The average Bonchev–Trinajstić information content (AvgIpc) is 2.65. The first-order valence-corrected chi connectivity index (χ1v) is 7.40. The fourth-order valence-electron chi connectivity index (χ4n) is 2.51. The molecule has 4 N–H and O–H groups in total. The molecule has 0 aliphatic heterocycles. The summed E-state index contributed by atoms with van der Waals surface area (Å²) < 4.78 is 0. The van der Waals surface area contributed by atoms with Crippen molar-refractivity contribution in [3.63, 3.8) is 0 Å². The van der Waals surface area contributed by atoms with Crippen molar-refractivity contribution in [1.82, 2.24) is 0 Å². The molecule has 2 rings (SSSR count). The first-order valence-electron chi connectivity index (χ1n) is 7.40. The summed E-state index contributed by atoms with van der Waals surface area (Å²) in [6, 6.07) is 3.63. The van der Waals surface area contributed by atoms with Crippen LogP contribution in [0, 0.1) is 10.1 Å². The number of carbonyl (C=O) groups excluding carboxylic acids is 1. The van der Waals surface area contributed by atoms with Gasteiger partial charge in [-0.1, -0.05) is 6.07 Å². The highest BCUT2D eigenvalue weighted by Crippen LogP contribution is 2.27. The van der Waals surface area contributed by atoms with Gasteiger partial charge in [0.25, 0.3) is 5.69 Å². The van der Waals surface area contributed by atoms with Crippen molar-refractivity contribution in [1.29, 1.82) is 0 Å². The maximum Gasteiger partial charge on any atom is 0.343 e. The van der Waals surface area contributed by atoms with Crippen LogP contribution >= 0.6 is 0 Å². The van der Waals surface area contributed by atoms with Crippen LogP contribution in [0.1, 0.15) is 57.4 Å². The number of nitro benzene ring substituents is 1. The van der Waals surface area contributed by atoms with Crippen molar-refractivity contribution in [3.8, 4) is 0 Å². The van der Waals surface area contributed by atoms with Crippen LogP contribution in [0.4, 0.5) is 5.69 Å². The minimum Gasteiger partial charge on any atom is -0.478 e. The second-order valence-electron chi connectivity index (χ2n) is 5.49. The average molecular weight is 403 g/mol. The third-order valence-electron chi connectivity index (χ3n) is 3.76. The highest BCUT2D eigenvalue weighted by molar-refractivity contribution is 6.14. The summed E-state index contributed by atoms with van der Waals surface area (Å²) in [5.41, 5.74) is -5.66. The number of nitrogens with zero attached hydrogens (tertiary/aromatic N) is 1. The number of carboxylic acids is 4. The molecule has 0 atom stereocenters. The van der Waals surface area contributed by atoms with E-state index in [2.05, 4.69) is 0 Å². The normalized spacial score (nSPS) is 10.2. The first kappa shape index (κ1) is 20.7. The van der Waals surface area contributed by atoms with Gasteiger partial charge in [-0.3, -0.25) is 14.9 Å². The summed E-state index contributed by atoms with van der Waals surface area (Å²) in [6.45, 7) is 0. The Morgan fingerprint density at radius 3 is 1.66 bits per heavy atom. The van der Waals surface area contributed by atoms with Gasteiger partial charge in [-0.05, 0) is 18.2 Å². The van der Waals surface area contributed by atoms with Gasteiger partial charge >= 0.3 is 23.9 Å². The van der Waals surface area contributed by atoms with Crippen molar-refractivity contribution < 1.29 is 49.3 Å². The molecule has 148 valence electrons.